The van der Waals surface area contributed by atoms with Crippen molar-refractivity contribution < 1.29 is 24.2 Å². The standard InChI is InChI=1S/C13H13NO5S/c1-8(15)19-11-5-3-2-4-9(11)12(16)14-7-20-6-10(14)13(17)18/h2-5,10H,6-7H2,1H3,(H,17,18). The SMILES string of the molecule is CC(=O)Oc1ccccc1C(=O)N1CSCC1C(=O)O. The third kappa shape index (κ3) is 2.93. The number of ether oxygens (including phenoxy) is 1. The molecule has 2 rings (SSSR count). The highest BCUT2D eigenvalue weighted by Gasteiger charge is 2.36. The summed E-state index contributed by atoms with van der Waals surface area (Å²) in [5, 5.41) is 9.10. The number of para-hydroxylation sites is 1. The zero-order valence-corrected chi connectivity index (χ0v) is 11.6. The number of nitrogens with zero attached hydrogens (tertiary/aromatic N) is 1. The topological polar surface area (TPSA) is 83.9 Å². The smallest absolute Gasteiger partial charge is 0.327 e. The van der Waals surface area contributed by atoms with Crippen LogP contribution >= 0.6 is 11.8 Å². The second-order valence-corrected chi connectivity index (χ2v) is 5.22. The molecule has 7 heteroatoms. The molecule has 1 unspecified atom stereocenters. The summed E-state index contributed by atoms with van der Waals surface area (Å²) in [5.41, 5.74) is 0.191. The van der Waals surface area contributed by atoms with Gasteiger partial charge < -0.3 is 14.7 Å². The minimum Gasteiger partial charge on any atom is -0.480 e. The van der Waals surface area contributed by atoms with Crippen molar-refractivity contribution in [2.24, 2.45) is 0 Å². The minimum atomic E-state index is -1.03. The molecule has 1 fully saturated rings. The second kappa shape index (κ2) is 5.96. The van der Waals surface area contributed by atoms with E-state index < -0.39 is 23.9 Å². The number of aliphatic carboxylic acids is 1. The highest BCUT2D eigenvalue weighted by Crippen LogP contribution is 2.27. The van der Waals surface area contributed by atoms with Crippen LogP contribution in [-0.2, 0) is 9.59 Å². The van der Waals surface area contributed by atoms with E-state index in [0.29, 0.717) is 11.6 Å². The van der Waals surface area contributed by atoms with Crippen LogP contribution in [-0.4, -0.2) is 45.5 Å². The van der Waals surface area contributed by atoms with Gasteiger partial charge in [0, 0.05) is 12.7 Å². The van der Waals surface area contributed by atoms with Gasteiger partial charge in [0.05, 0.1) is 11.4 Å². The Morgan fingerprint density at radius 1 is 1.35 bits per heavy atom. The van der Waals surface area contributed by atoms with Crippen molar-refractivity contribution in [1.29, 1.82) is 0 Å². The normalized spacial score (nSPS) is 17.9. The molecule has 1 aliphatic heterocycles. The number of benzene rings is 1. The van der Waals surface area contributed by atoms with E-state index in [1.54, 1.807) is 12.1 Å². The molecular formula is C13H13NO5S. The number of carbonyl (C=O) groups excluding carboxylic acids is 2. The highest BCUT2D eigenvalue weighted by molar-refractivity contribution is 7.99. The molecule has 0 spiro atoms. The molecule has 1 amide bonds. The molecule has 106 valence electrons. The molecular weight excluding hydrogens is 282 g/mol. The third-order valence-electron chi connectivity index (χ3n) is 2.80. The van der Waals surface area contributed by atoms with Crippen molar-refractivity contribution in [2.75, 3.05) is 11.6 Å². The van der Waals surface area contributed by atoms with Crippen molar-refractivity contribution in [2.45, 2.75) is 13.0 Å². The third-order valence-corrected chi connectivity index (χ3v) is 3.81. The number of esters is 1. The average Bonchev–Trinajstić information content (AvgIpc) is 2.87. The van der Waals surface area contributed by atoms with Crippen molar-refractivity contribution in [3.8, 4) is 5.75 Å². The van der Waals surface area contributed by atoms with Crippen LogP contribution < -0.4 is 4.74 Å². The Morgan fingerprint density at radius 2 is 2.05 bits per heavy atom. The zero-order chi connectivity index (χ0) is 14.7. The molecule has 1 aliphatic rings. The van der Waals surface area contributed by atoms with Crippen molar-refractivity contribution in [3.63, 3.8) is 0 Å². The van der Waals surface area contributed by atoms with E-state index >= 15 is 0 Å². The average molecular weight is 295 g/mol. The molecule has 1 aromatic rings. The van der Waals surface area contributed by atoms with Crippen LogP contribution in [0.15, 0.2) is 24.3 Å². The molecule has 1 N–H and O–H groups in total. The number of rotatable bonds is 3. The fourth-order valence-corrected chi connectivity index (χ4v) is 3.03. The molecule has 6 nitrogen and oxygen atoms in total. The molecule has 1 heterocycles. The largest absolute Gasteiger partial charge is 0.480 e. The van der Waals surface area contributed by atoms with E-state index in [4.69, 9.17) is 9.84 Å². The van der Waals surface area contributed by atoms with E-state index in [-0.39, 0.29) is 11.3 Å². The van der Waals surface area contributed by atoms with Crippen molar-refractivity contribution >= 4 is 29.6 Å². The Morgan fingerprint density at radius 3 is 2.70 bits per heavy atom. The number of carboxylic acids is 1. The number of hydrogen-bond donors (Lipinski definition) is 1. The monoisotopic (exact) mass is 295 g/mol. The molecule has 1 saturated heterocycles. The van der Waals surface area contributed by atoms with E-state index in [0.717, 1.165) is 0 Å². The fraction of sp³-hybridized carbons (Fsp3) is 0.308. The van der Waals surface area contributed by atoms with Gasteiger partial charge in [0.15, 0.2) is 0 Å². The molecule has 1 atom stereocenters. The number of amides is 1. The molecule has 20 heavy (non-hydrogen) atoms. The van der Waals surface area contributed by atoms with E-state index in [9.17, 15) is 14.4 Å². The maximum absolute atomic E-state index is 12.4. The lowest BCUT2D eigenvalue weighted by Gasteiger charge is -2.21. The van der Waals surface area contributed by atoms with Gasteiger partial charge in [0.25, 0.3) is 5.91 Å². The number of carboxylic acid groups (broad SMARTS) is 1. The van der Waals surface area contributed by atoms with Crippen LogP contribution in [0.4, 0.5) is 0 Å². The predicted molar refractivity (Wildman–Crippen MR) is 72.7 cm³/mol. The summed E-state index contributed by atoms with van der Waals surface area (Å²) < 4.78 is 4.98. The Labute approximate surface area is 119 Å². The van der Waals surface area contributed by atoms with E-state index in [2.05, 4.69) is 0 Å². The first kappa shape index (κ1) is 14.4. The van der Waals surface area contributed by atoms with Gasteiger partial charge in [-0.2, -0.15) is 0 Å². The van der Waals surface area contributed by atoms with Crippen molar-refractivity contribution in [3.05, 3.63) is 29.8 Å². The van der Waals surface area contributed by atoms with Gasteiger partial charge in [-0.15, -0.1) is 11.8 Å². The first-order chi connectivity index (χ1) is 9.50. The van der Waals surface area contributed by atoms with Gasteiger partial charge >= 0.3 is 11.9 Å². The van der Waals surface area contributed by atoms with Crippen LogP contribution in [0, 0.1) is 0 Å². The molecule has 0 radical (unpaired) electrons. The predicted octanol–water partition coefficient (Wildman–Crippen LogP) is 1.21. The Bertz CT molecular complexity index is 559. The minimum absolute atomic E-state index is 0.144. The van der Waals surface area contributed by atoms with Crippen LogP contribution in [0.25, 0.3) is 0 Å². The Kier molecular flexibility index (Phi) is 4.29. The molecule has 0 aliphatic carbocycles. The van der Waals surface area contributed by atoms with E-state index in [1.165, 1.54) is 35.7 Å². The van der Waals surface area contributed by atoms with Gasteiger partial charge in [0.1, 0.15) is 11.8 Å². The summed E-state index contributed by atoms with van der Waals surface area (Å²) in [6.07, 6.45) is 0. The fourth-order valence-electron chi connectivity index (χ4n) is 1.89. The molecule has 0 saturated carbocycles. The van der Waals surface area contributed by atoms with Crippen LogP contribution in [0.1, 0.15) is 17.3 Å². The molecule has 0 aromatic heterocycles. The number of carbonyl (C=O) groups is 3. The van der Waals surface area contributed by atoms with Gasteiger partial charge in [-0.1, -0.05) is 12.1 Å². The van der Waals surface area contributed by atoms with Crippen LogP contribution in [0.5, 0.6) is 5.75 Å². The molecule has 0 bridgehead atoms. The van der Waals surface area contributed by atoms with Gasteiger partial charge in [-0.05, 0) is 12.1 Å². The lowest BCUT2D eigenvalue weighted by Crippen LogP contribution is -2.41. The highest BCUT2D eigenvalue weighted by atomic mass is 32.2. The Hall–Kier alpha value is -2.02. The van der Waals surface area contributed by atoms with Crippen molar-refractivity contribution in [1.82, 2.24) is 4.90 Å². The summed E-state index contributed by atoms with van der Waals surface area (Å²) >= 11 is 1.38. The van der Waals surface area contributed by atoms with Crippen LogP contribution in [0.3, 0.4) is 0 Å². The van der Waals surface area contributed by atoms with Crippen LogP contribution in [0.2, 0.25) is 0 Å². The summed E-state index contributed by atoms with van der Waals surface area (Å²) in [7, 11) is 0. The lowest BCUT2D eigenvalue weighted by atomic mass is 10.1. The summed E-state index contributed by atoms with van der Waals surface area (Å²) in [6.45, 7) is 1.24. The molecule has 1 aromatic carbocycles. The second-order valence-electron chi connectivity index (χ2n) is 4.22. The first-order valence-corrected chi connectivity index (χ1v) is 7.05. The maximum Gasteiger partial charge on any atom is 0.327 e. The van der Waals surface area contributed by atoms with E-state index in [1.807, 2.05) is 0 Å². The van der Waals surface area contributed by atoms with Gasteiger partial charge in [-0.25, -0.2) is 4.79 Å². The first-order valence-electron chi connectivity index (χ1n) is 5.89. The number of hydrogen-bond acceptors (Lipinski definition) is 5. The summed E-state index contributed by atoms with van der Waals surface area (Å²) in [6, 6.07) is 5.45. The maximum atomic E-state index is 12.4. The van der Waals surface area contributed by atoms with Gasteiger partial charge in [0.2, 0.25) is 0 Å². The quantitative estimate of drug-likeness (QED) is 0.666. The van der Waals surface area contributed by atoms with Gasteiger partial charge in [-0.3, -0.25) is 9.59 Å². The zero-order valence-electron chi connectivity index (χ0n) is 10.7. The Balaban J connectivity index is 2.29. The summed E-state index contributed by atoms with van der Waals surface area (Å²) in [4.78, 5) is 35.8. The lowest BCUT2D eigenvalue weighted by molar-refractivity contribution is -0.141. The summed E-state index contributed by atoms with van der Waals surface area (Å²) in [5.74, 6) is -1.20. The number of thioether (sulfide) groups is 1.